The molecule has 1 heterocycles. The molecule has 5 heteroatoms. The van der Waals surface area contributed by atoms with Crippen LogP contribution in [-0.2, 0) is 6.42 Å². The van der Waals surface area contributed by atoms with E-state index in [1.807, 2.05) is 6.07 Å². The molecule has 4 nitrogen and oxygen atoms in total. The number of hydrogen-bond acceptors (Lipinski definition) is 3. The Bertz CT molecular complexity index is 571. The standard InChI is InChI=1S/C17H23N3O.ClH/c21-12-11-18-10-9-14-5-4-8-17-16(14)13-19-20(17)15-6-2-1-3-7-15;/h1-3,6-7,13-14,18,21H,4-5,8-12H2;1H. The Labute approximate surface area is 138 Å². The number of nitrogens with one attached hydrogen (secondary N) is 1. The van der Waals surface area contributed by atoms with Gasteiger partial charge in [0.25, 0.3) is 0 Å². The van der Waals surface area contributed by atoms with Gasteiger partial charge in [0.15, 0.2) is 0 Å². The minimum absolute atomic E-state index is 0. The van der Waals surface area contributed by atoms with Gasteiger partial charge in [0.05, 0.1) is 18.5 Å². The summed E-state index contributed by atoms with van der Waals surface area (Å²) in [5.41, 5.74) is 3.94. The predicted octanol–water partition coefficient (Wildman–Crippen LogP) is 2.69. The normalized spacial score (nSPS) is 16.9. The molecule has 0 fully saturated rings. The molecule has 1 aliphatic carbocycles. The van der Waals surface area contributed by atoms with Crippen molar-refractivity contribution >= 4 is 12.4 Å². The van der Waals surface area contributed by atoms with Crippen molar-refractivity contribution in [3.8, 4) is 5.69 Å². The second-order valence-corrected chi connectivity index (χ2v) is 5.65. The number of nitrogens with zero attached hydrogens (tertiary/aromatic N) is 2. The van der Waals surface area contributed by atoms with E-state index < -0.39 is 0 Å². The molecule has 0 aliphatic heterocycles. The van der Waals surface area contributed by atoms with Crippen LogP contribution in [0.2, 0.25) is 0 Å². The van der Waals surface area contributed by atoms with Crippen LogP contribution in [0, 0.1) is 0 Å². The lowest BCUT2D eigenvalue weighted by Crippen LogP contribution is -2.22. The first-order valence-corrected chi connectivity index (χ1v) is 7.84. The van der Waals surface area contributed by atoms with Crippen LogP contribution in [0.3, 0.4) is 0 Å². The summed E-state index contributed by atoms with van der Waals surface area (Å²) in [5.74, 6) is 0.595. The molecule has 0 saturated heterocycles. The quantitative estimate of drug-likeness (QED) is 0.804. The number of fused-ring (bicyclic) bond motifs is 1. The van der Waals surface area contributed by atoms with Crippen molar-refractivity contribution in [1.82, 2.24) is 15.1 Å². The molecule has 3 rings (SSSR count). The van der Waals surface area contributed by atoms with E-state index in [-0.39, 0.29) is 19.0 Å². The Morgan fingerprint density at radius 3 is 2.82 bits per heavy atom. The fourth-order valence-electron chi connectivity index (χ4n) is 3.22. The lowest BCUT2D eigenvalue weighted by atomic mass is 9.85. The minimum atomic E-state index is 0. The number of aliphatic hydroxyl groups is 1. The van der Waals surface area contributed by atoms with Crippen molar-refractivity contribution in [2.45, 2.75) is 31.6 Å². The summed E-state index contributed by atoms with van der Waals surface area (Å²) in [6.07, 6.45) is 6.76. The summed E-state index contributed by atoms with van der Waals surface area (Å²) in [6, 6.07) is 10.4. The monoisotopic (exact) mass is 321 g/mol. The smallest absolute Gasteiger partial charge is 0.0648 e. The lowest BCUT2D eigenvalue weighted by molar-refractivity contribution is 0.291. The van der Waals surface area contributed by atoms with Crippen LogP contribution in [0.15, 0.2) is 36.5 Å². The Morgan fingerprint density at radius 1 is 1.23 bits per heavy atom. The average Bonchev–Trinajstić information content (AvgIpc) is 2.97. The van der Waals surface area contributed by atoms with Gasteiger partial charge in [0.2, 0.25) is 0 Å². The Hall–Kier alpha value is -1.36. The highest BCUT2D eigenvalue weighted by Crippen LogP contribution is 2.34. The molecular weight excluding hydrogens is 298 g/mol. The third-order valence-corrected chi connectivity index (χ3v) is 4.27. The Kier molecular flexibility index (Phi) is 6.43. The third kappa shape index (κ3) is 3.69. The van der Waals surface area contributed by atoms with Gasteiger partial charge >= 0.3 is 0 Å². The zero-order valence-electron chi connectivity index (χ0n) is 12.7. The van der Waals surface area contributed by atoms with Crippen LogP contribution in [0.4, 0.5) is 0 Å². The molecule has 1 unspecified atom stereocenters. The van der Waals surface area contributed by atoms with Crippen molar-refractivity contribution in [3.63, 3.8) is 0 Å². The SMILES string of the molecule is Cl.OCCNCCC1CCCc2c1cnn2-c1ccccc1. The van der Waals surface area contributed by atoms with E-state index >= 15 is 0 Å². The molecule has 1 aromatic carbocycles. The van der Waals surface area contributed by atoms with Gasteiger partial charge in [0.1, 0.15) is 0 Å². The zero-order valence-corrected chi connectivity index (χ0v) is 13.6. The Balaban J connectivity index is 0.00000176. The molecule has 2 N–H and O–H groups in total. The summed E-state index contributed by atoms with van der Waals surface area (Å²) in [5, 5.41) is 16.7. The molecule has 120 valence electrons. The molecule has 22 heavy (non-hydrogen) atoms. The molecule has 0 saturated carbocycles. The zero-order chi connectivity index (χ0) is 14.5. The van der Waals surface area contributed by atoms with Crippen LogP contribution in [0.5, 0.6) is 0 Å². The third-order valence-electron chi connectivity index (χ3n) is 4.27. The summed E-state index contributed by atoms with van der Waals surface area (Å²) >= 11 is 0. The van der Waals surface area contributed by atoms with E-state index in [1.54, 1.807) is 0 Å². The highest BCUT2D eigenvalue weighted by atomic mass is 35.5. The van der Waals surface area contributed by atoms with Crippen molar-refractivity contribution < 1.29 is 5.11 Å². The van der Waals surface area contributed by atoms with Gasteiger partial charge in [-0.2, -0.15) is 5.10 Å². The number of para-hydroxylation sites is 1. The highest BCUT2D eigenvalue weighted by Gasteiger charge is 2.24. The van der Waals surface area contributed by atoms with Crippen molar-refractivity contribution in [3.05, 3.63) is 47.8 Å². The van der Waals surface area contributed by atoms with Crippen LogP contribution in [0.1, 0.15) is 36.4 Å². The van der Waals surface area contributed by atoms with Gasteiger partial charge in [-0.25, -0.2) is 4.68 Å². The topological polar surface area (TPSA) is 50.1 Å². The largest absolute Gasteiger partial charge is 0.395 e. The summed E-state index contributed by atoms with van der Waals surface area (Å²) in [7, 11) is 0. The average molecular weight is 322 g/mol. The van der Waals surface area contributed by atoms with Gasteiger partial charge < -0.3 is 10.4 Å². The first-order chi connectivity index (χ1) is 10.4. The maximum atomic E-state index is 8.81. The summed E-state index contributed by atoms with van der Waals surface area (Å²) < 4.78 is 2.10. The fraction of sp³-hybridized carbons (Fsp3) is 0.471. The number of hydrogen-bond donors (Lipinski definition) is 2. The number of rotatable bonds is 6. The molecule has 1 aliphatic rings. The van der Waals surface area contributed by atoms with E-state index in [1.165, 1.54) is 24.1 Å². The van der Waals surface area contributed by atoms with Crippen molar-refractivity contribution in [2.24, 2.45) is 0 Å². The predicted molar refractivity (Wildman–Crippen MR) is 91.1 cm³/mol. The van der Waals surface area contributed by atoms with Gasteiger partial charge in [-0.05, 0) is 55.8 Å². The first-order valence-electron chi connectivity index (χ1n) is 7.84. The number of aliphatic hydroxyl groups excluding tert-OH is 1. The van der Waals surface area contributed by atoms with Crippen LogP contribution in [-0.4, -0.2) is 34.6 Å². The van der Waals surface area contributed by atoms with Crippen LogP contribution < -0.4 is 5.32 Å². The van der Waals surface area contributed by atoms with E-state index in [0.717, 1.165) is 25.1 Å². The van der Waals surface area contributed by atoms with Gasteiger partial charge in [-0.3, -0.25) is 0 Å². The molecule has 0 spiro atoms. The van der Waals surface area contributed by atoms with Crippen molar-refractivity contribution in [2.75, 3.05) is 19.7 Å². The van der Waals surface area contributed by atoms with Crippen molar-refractivity contribution in [1.29, 1.82) is 0 Å². The Morgan fingerprint density at radius 2 is 2.05 bits per heavy atom. The van der Waals surface area contributed by atoms with E-state index in [9.17, 15) is 0 Å². The molecule has 2 aromatic rings. The maximum absolute atomic E-state index is 8.81. The minimum Gasteiger partial charge on any atom is -0.395 e. The number of aromatic nitrogens is 2. The number of benzene rings is 1. The lowest BCUT2D eigenvalue weighted by Gasteiger charge is -2.23. The number of halogens is 1. The molecule has 1 aromatic heterocycles. The molecule has 1 atom stereocenters. The molecular formula is C17H24ClN3O. The van der Waals surface area contributed by atoms with Crippen LogP contribution >= 0.6 is 12.4 Å². The van der Waals surface area contributed by atoms with Gasteiger partial charge in [-0.1, -0.05) is 18.2 Å². The molecule has 0 bridgehead atoms. The summed E-state index contributed by atoms with van der Waals surface area (Å²) in [6.45, 7) is 1.85. The van der Waals surface area contributed by atoms with Gasteiger partial charge in [0, 0.05) is 12.2 Å². The van der Waals surface area contributed by atoms with Crippen LogP contribution in [0.25, 0.3) is 5.69 Å². The second-order valence-electron chi connectivity index (χ2n) is 5.65. The fourth-order valence-corrected chi connectivity index (χ4v) is 3.22. The first kappa shape index (κ1) is 17.0. The highest BCUT2D eigenvalue weighted by molar-refractivity contribution is 5.85. The second kappa shape index (κ2) is 8.32. The maximum Gasteiger partial charge on any atom is 0.0648 e. The molecule has 0 amide bonds. The van der Waals surface area contributed by atoms with E-state index in [2.05, 4.69) is 45.6 Å². The van der Waals surface area contributed by atoms with E-state index in [0.29, 0.717) is 12.5 Å². The summed E-state index contributed by atoms with van der Waals surface area (Å²) in [4.78, 5) is 0. The molecule has 0 radical (unpaired) electrons. The van der Waals surface area contributed by atoms with E-state index in [4.69, 9.17) is 5.11 Å². The van der Waals surface area contributed by atoms with Gasteiger partial charge in [-0.15, -0.1) is 12.4 Å².